The number of nitrogens with one attached hydrogen (secondary N) is 1. The van der Waals surface area contributed by atoms with Gasteiger partial charge in [0, 0.05) is 32.4 Å². The minimum absolute atomic E-state index is 0.753. The van der Waals surface area contributed by atoms with Crippen molar-refractivity contribution in [2.45, 2.75) is 19.4 Å². The Morgan fingerprint density at radius 2 is 2.46 bits per heavy atom. The lowest BCUT2D eigenvalue weighted by Gasteiger charge is -2.16. The van der Waals surface area contributed by atoms with E-state index in [1.165, 1.54) is 0 Å². The van der Waals surface area contributed by atoms with E-state index >= 15 is 0 Å². The summed E-state index contributed by atoms with van der Waals surface area (Å²) in [6, 6.07) is 0. The number of aromatic nitrogens is 2. The van der Waals surface area contributed by atoms with Gasteiger partial charge >= 0.3 is 0 Å². The van der Waals surface area contributed by atoms with Crippen molar-refractivity contribution >= 4 is 5.84 Å². The first-order valence-electron chi connectivity index (χ1n) is 4.56. The Morgan fingerprint density at radius 3 is 3.00 bits per heavy atom. The Kier molecular flexibility index (Phi) is 2.04. The Morgan fingerprint density at radius 1 is 1.62 bits per heavy atom. The first-order chi connectivity index (χ1) is 6.27. The van der Waals surface area contributed by atoms with Gasteiger partial charge in [0.25, 0.3) is 0 Å². The molecule has 1 aromatic rings. The van der Waals surface area contributed by atoms with Crippen LogP contribution in [0.3, 0.4) is 0 Å². The summed E-state index contributed by atoms with van der Waals surface area (Å²) in [7, 11) is 1.99. The SMILES string of the molecule is Cn1ccnc1CN1CCCC1=N. The first-order valence-corrected chi connectivity index (χ1v) is 4.56. The zero-order chi connectivity index (χ0) is 9.26. The van der Waals surface area contributed by atoms with Crippen LogP contribution in [0, 0.1) is 5.41 Å². The number of aryl methyl sites for hydroxylation is 1. The number of imidazole rings is 1. The molecular weight excluding hydrogens is 164 g/mol. The fraction of sp³-hybridized carbons (Fsp3) is 0.556. The monoisotopic (exact) mass is 178 g/mol. The van der Waals surface area contributed by atoms with Crippen LogP contribution in [0.25, 0.3) is 0 Å². The minimum Gasteiger partial charge on any atom is -0.353 e. The van der Waals surface area contributed by atoms with Crippen LogP contribution in [0.1, 0.15) is 18.7 Å². The standard InChI is InChI=1S/C9H14N4/c1-12-6-4-11-9(12)7-13-5-2-3-8(13)10/h4,6,10H,2-3,5,7H2,1H3. The number of likely N-dealkylation sites (tertiary alicyclic amines) is 1. The molecule has 1 aliphatic rings. The van der Waals surface area contributed by atoms with E-state index in [2.05, 4.69) is 9.88 Å². The van der Waals surface area contributed by atoms with Crippen LogP contribution in [0.4, 0.5) is 0 Å². The molecule has 13 heavy (non-hydrogen) atoms. The van der Waals surface area contributed by atoms with E-state index in [4.69, 9.17) is 5.41 Å². The zero-order valence-corrected chi connectivity index (χ0v) is 7.82. The molecule has 1 aromatic heterocycles. The lowest BCUT2D eigenvalue weighted by atomic mass is 10.4. The summed E-state index contributed by atoms with van der Waals surface area (Å²) in [6.45, 7) is 1.79. The van der Waals surface area contributed by atoms with Gasteiger partial charge in [0.1, 0.15) is 5.82 Å². The second-order valence-electron chi connectivity index (χ2n) is 3.43. The van der Waals surface area contributed by atoms with E-state index in [0.29, 0.717) is 0 Å². The molecule has 2 heterocycles. The predicted molar refractivity (Wildman–Crippen MR) is 50.6 cm³/mol. The van der Waals surface area contributed by atoms with Crippen LogP contribution in [-0.4, -0.2) is 26.8 Å². The second kappa shape index (κ2) is 3.20. The number of hydrogen-bond donors (Lipinski definition) is 1. The highest BCUT2D eigenvalue weighted by molar-refractivity contribution is 5.80. The van der Waals surface area contributed by atoms with Crippen LogP contribution >= 0.6 is 0 Å². The summed E-state index contributed by atoms with van der Waals surface area (Å²) in [6.07, 6.45) is 5.78. The van der Waals surface area contributed by atoms with Crippen molar-refractivity contribution in [3.05, 3.63) is 18.2 Å². The first kappa shape index (κ1) is 8.29. The molecular formula is C9H14N4. The normalized spacial score (nSPS) is 17.0. The third kappa shape index (κ3) is 1.56. The average molecular weight is 178 g/mol. The van der Waals surface area contributed by atoms with Gasteiger partial charge in [0.15, 0.2) is 0 Å². The summed E-state index contributed by atoms with van der Waals surface area (Å²) >= 11 is 0. The van der Waals surface area contributed by atoms with Crippen molar-refractivity contribution in [3.63, 3.8) is 0 Å². The van der Waals surface area contributed by atoms with Crippen LogP contribution in [0.2, 0.25) is 0 Å². The predicted octanol–water partition coefficient (Wildman–Crippen LogP) is 0.993. The smallest absolute Gasteiger partial charge is 0.128 e. The topological polar surface area (TPSA) is 44.9 Å². The molecule has 0 unspecified atom stereocenters. The maximum absolute atomic E-state index is 7.67. The molecule has 1 aliphatic heterocycles. The fourth-order valence-electron chi connectivity index (χ4n) is 1.62. The molecule has 1 fully saturated rings. The summed E-state index contributed by atoms with van der Waals surface area (Å²) < 4.78 is 2.01. The fourth-order valence-corrected chi connectivity index (χ4v) is 1.62. The molecule has 1 saturated heterocycles. The highest BCUT2D eigenvalue weighted by Gasteiger charge is 2.17. The molecule has 0 saturated carbocycles. The maximum atomic E-state index is 7.67. The van der Waals surface area contributed by atoms with Crippen molar-refractivity contribution in [1.29, 1.82) is 5.41 Å². The third-order valence-corrected chi connectivity index (χ3v) is 2.48. The quantitative estimate of drug-likeness (QED) is 0.734. The lowest BCUT2D eigenvalue weighted by molar-refractivity contribution is 0.426. The Hall–Kier alpha value is -1.32. The zero-order valence-electron chi connectivity index (χ0n) is 7.82. The molecule has 0 spiro atoms. The maximum Gasteiger partial charge on any atom is 0.128 e. The third-order valence-electron chi connectivity index (χ3n) is 2.48. The van der Waals surface area contributed by atoms with Crippen molar-refractivity contribution in [2.24, 2.45) is 7.05 Å². The minimum atomic E-state index is 0.753. The van der Waals surface area contributed by atoms with Gasteiger partial charge in [-0.2, -0.15) is 0 Å². The lowest BCUT2D eigenvalue weighted by Crippen LogP contribution is -2.24. The van der Waals surface area contributed by atoms with Gasteiger partial charge in [-0.05, 0) is 6.42 Å². The van der Waals surface area contributed by atoms with Crippen LogP contribution < -0.4 is 0 Å². The summed E-state index contributed by atoms with van der Waals surface area (Å²) in [5.41, 5.74) is 0. The molecule has 0 amide bonds. The molecule has 2 rings (SSSR count). The van der Waals surface area contributed by atoms with E-state index in [-0.39, 0.29) is 0 Å². The number of amidine groups is 1. The Balaban J connectivity index is 2.06. The van der Waals surface area contributed by atoms with Gasteiger partial charge in [-0.3, -0.25) is 5.41 Å². The van der Waals surface area contributed by atoms with E-state index in [1.807, 2.05) is 17.8 Å². The van der Waals surface area contributed by atoms with Gasteiger partial charge in [-0.15, -0.1) is 0 Å². The molecule has 0 aliphatic carbocycles. The van der Waals surface area contributed by atoms with Gasteiger partial charge in [-0.1, -0.05) is 0 Å². The van der Waals surface area contributed by atoms with E-state index in [0.717, 1.165) is 37.6 Å². The number of hydrogen-bond acceptors (Lipinski definition) is 2. The van der Waals surface area contributed by atoms with Crippen molar-refractivity contribution < 1.29 is 0 Å². The summed E-state index contributed by atoms with van der Waals surface area (Å²) in [5, 5.41) is 7.67. The van der Waals surface area contributed by atoms with Crippen LogP contribution in [0.5, 0.6) is 0 Å². The Bertz CT molecular complexity index is 315. The molecule has 1 N–H and O–H groups in total. The van der Waals surface area contributed by atoms with E-state index in [9.17, 15) is 0 Å². The van der Waals surface area contributed by atoms with E-state index in [1.54, 1.807) is 6.20 Å². The summed E-state index contributed by atoms with van der Waals surface area (Å²) in [4.78, 5) is 6.32. The molecule has 0 atom stereocenters. The largest absolute Gasteiger partial charge is 0.353 e. The number of rotatable bonds is 2. The molecule has 70 valence electrons. The van der Waals surface area contributed by atoms with Gasteiger partial charge in [0.2, 0.25) is 0 Å². The second-order valence-corrected chi connectivity index (χ2v) is 3.43. The molecule has 0 bridgehead atoms. The highest BCUT2D eigenvalue weighted by Crippen LogP contribution is 2.12. The van der Waals surface area contributed by atoms with Gasteiger partial charge in [0.05, 0.1) is 12.4 Å². The van der Waals surface area contributed by atoms with E-state index < -0.39 is 0 Å². The highest BCUT2D eigenvalue weighted by atomic mass is 15.2. The van der Waals surface area contributed by atoms with Crippen molar-refractivity contribution in [1.82, 2.24) is 14.5 Å². The summed E-state index contributed by atoms with van der Waals surface area (Å²) in [5.74, 6) is 1.79. The van der Waals surface area contributed by atoms with Crippen LogP contribution in [0.15, 0.2) is 12.4 Å². The van der Waals surface area contributed by atoms with Gasteiger partial charge < -0.3 is 9.47 Å². The Labute approximate surface area is 77.7 Å². The van der Waals surface area contributed by atoms with Crippen LogP contribution in [-0.2, 0) is 13.6 Å². The average Bonchev–Trinajstić information content (AvgIpc) is 2.65. The van der Waals surface area contributed by atoms with Crippen molar-refractivity contribution in [3.8, 4) is 0 Å². The van der Waals surface area contributed by atoms with Crippen molar-refractivity contribution in [2.75, 3.05) is 6.54 Å². The molecule has 4 nitrogen and oxygen atoms in total. The molecule has 0 radical (unpaired) electrons. The van der Waals surface area contributed by atoms with Gasteiger partial charge in [-0.25, -0.2) is 4.98 Å². The molecule has 4 heteroatoms. The number of nitrogens with zero attached hydrogens (tertiary/aromatic N) is 3. The molecule has 0 aromatic carbocycles.